The molecule has 1 fully saturated rings. The highest BCUT2D eigenvalue weighted by Gasteiger charge is 2.35. The van der Waals surface area contributed by atoms with Crippen LogP contribution in [0.1, 0.15) is 17.9 Å². The number of hydrogen-bond acceptors (Lipinski definition) is 1. The number of hydrogen-bond donors (Lipinski definition) is 1. The van der Waals surface area contributed by atoms with Gasteiger partial charge in [-0.15, -0.1) is 12.4 Å². The molecule has 2 N–H and O–H groups in total. The van der Waals surface area contributed by atoms with E-state index in [-0.39, 0.29) is 12.4 Å². The van der Waals surface area contributed by atoms with Gasteiger partial charge in [0.2, 0.25) is 0 Å². The minimum Gasteiger partial charge on any atom is -0.327 e. The second-order valence-corrected chi connectivity index (χ2v) is 4.07. The number of halogens is 1. The molecule has 2 aromatic rings. The van der Waals surface area contributed by atoms with Crippen molar-refractivity contribution in [2.24, 2.45) is 5.73 Å². The van der Waals surface area contributed by atoms with Crippen LogP contribution in [0.25, 0.3) is 10.8 Å². The first-order chi connectivity index (χ1) is 6.86. The van der Waals surface area contributed by atoms with Gasteiger partial charge < -0.3 is 5.73 Å². The van der Waals surface area contributed by atoms with Gasteiger partial charge in [-0.2, -0.15) is 0 Å². The van der Waals surface area contributed by atoms with Crippen molar-refractivity contribution in [2.45, 2.75) is 18.4 Å². The topological polar surface area (TPSA) is 26.0 Å². The second-order valence-electron chi connectivity index (χ2n) is 4.07. The summed E-state index contributed by atoms with van der Waals surface area (Å²) in [6, 6.07) is 15.4. The molecule has 2 atom stereocenters. The van der Waals surface area contributed by atoms with Gasteiger partial charge in [-0.25, -0.2) is 0 Å². The minimum atomic E-state index is 0. The van der Waals surface area contributed by atoms with Gasteiger partial charge in [0.05, 0.1) is 0 Å². The first kappa shape index (κ1) is 10.5. The van der Waals surface area contributed by atoms with Gasteiger partial charge in [-0.1, -0.05) is 42.5 Å². The van der Waals surface area contributed by atoms with Crippen LogP contribution < -0.4 is 5.73 Å². The Morgan fingerprint density at radius 3 is 2.40 bits per heavy atom. The highest BCUT2D eigenvalue weighted by molar-refractivity contribution is 5.86. The van der Waals surface area contributed by atoms with Crippen LogP contribution in [0, 0.1) is 0 Å². The van der Waals surface area contributed by atoms with E-state index >= 15 is 0 Å². The van der Waals surface area contributed by atoms with Crippen molar-refractivity contribution in [3.8, 4) is 0 Å². The summed E-state index contributed by atoms with van der Waals surface area (Å²) in [4.78, 5) is 0. The summed E-state index contributed by atoms with van der Waals surface area (Å²) in [5.41, 5.74) is 7.32. The summed E-state index contributed by atoms with van der Waals surface area (Å²) in [5, 5.41) is 2.69. The van der Waals surface area contributed by atoms with Crippen molar-refractivity contribution in [1.82, 2.24) is 0 Å². The zero-order valence-corrected chi connectivity index (χ0v) is 9.21. The Kier molecular flexibility index (Phi) is 2.68. The Labute approximate surface area is 95.7 Å². The van der Waals surface area contributed by atoms with E-state index in [0.29, 0.717) is 12.0 Å². The van der Waals surface area contributed by atoms with Crippen LogP contribution in [0.15, 0.2) is 42.5 Å². The van der Waals surface area contributed by atoms with Gasteiger partial charge in [0, 0.05) is 12.0 Å². The maximum Gasteiger partial charge on any atom is 0.0115 e. The van der Waals surface area contributed by atoms with E-state index in [9.17, 15) is 0 Å². The fraction of sp³-hybridized carbons (Fsp3) is 0.231. The van der Waals surface area contributed by atoms with Crippen molar-refractivity contribution in [3.05, 3.63) is 48.0 Å². The molecule has 78 valence electrons. The first-order valence-electron chi connectivity index (χ1n) is 5.09. The third kappa shape index (κ3) is 1.73. The third-order valence-electron chi connectivity index (χ3n) is 3.06. The van der Waals surface area contributed by atoms with E-state index < -0.39 is 0 Å². The zero-order valence-electron chi connectivity index (χ0n) is 8.39. The molecule has 1 aliphatic carbocycles. The predicted molar refractivity (Wildman–Crippen MR) is 66.5 cm³/mol. The fourth-order valence-corrected chi connectivity index (χ4v) is 2.15. The Hall–Kier alpha value is -1.05. The number of nitrogens with two attached hydrogens (primary N) is 1. The second kappa shape index (κ2) is 3.84. The molecule has 0 spiro atoms. The quantitative estimate of drug-likeness (QED) is 0.784. The summed E-state index contributed by atoms with van der Waals surface area (Å²) in [6.07, 6.45) is 1.15. The van der Waals surface area contributed by atoms with Gasteiger partial charge in [0.1, 0.15) is 0 Å². The van der Waals surface area contributed by atoms with E-state index in [1.54, 1.807) is 0 Å². The first-order valence-corrected chi connectivity index (χ1v) is 5.09. The standard InChI is InChI=1S/C13H13N.ClH/c14-13-8-12(13)11-7-3-5-9-4-1-2-6-10(9)11;/h1-7,12-13H,8,14H2;1H. The lowest BCUT2D eigenvalue weighted by atomic mass is 10.0. The van der Waals surface area contributed by atoms with Gasteiger partial charge in [-0.05, 0) is 22.8 Å². The largest absolute Gasteiger partial charge is 0.327 e. The molecule has 0 amide bonds. The lowest BCUT2D eigenvalue weighted by Gasteiger charge is -2.04. The smallest absolute Gasteiger partial charge is 0.0115 e. The molecule has 1 aliphatic rings. The predicted octanol–water partition coefficient (Wildman–Crippen LogP) is 3.08. The average molecular weight is 220 g/mol. The van der Waals surface area contributed by atoms with Gasteiger partial charge >= 0.3 is 0 Å². The molecule has 0 aliphatic heterocycles. The Morgan fingerprint density at radius 2 is 1.67 bits per heavy atom. The summed E-state index contributed by atoms with van der Waals surface area (Å²) < 4.78 is 0. The SMILES string of the molecule is Cl.NC1CC1c1cccc2ccccc12. The van der Waals surface area contributed by atoms with Crippen LogP contribution >= 0.6 is 12.4 Å². The average Bonchev–Trinajstić information content (AvgIpc) is 2.95. The molecule has 0 saturated heterocycles. The summed E-state index contributed by atoms with van der Waals surface area (Å²) in [6.45, 7) is 0. The van der Waals surface area contributed by atoms with Crippen molar-refractivity contribution >= 4 is 23.2 Å². The van der Waals surface area contributed by atoms with Crippen LogP contribution in [-0.2, 0) is 0 Å². The van der Waals surface area contributed by atoms with E-state index in [1.807, 2.05) is 0 Å². The maximum absolute atomic E-state index is 5.89. The molecular formula is C13H14ClN. The Bertz CT molecular complexity index is 475. The van der Waals surface area contributed by atoms with Crippen LogP contribution in [0.3, 0.4) is 0 Å². The molecule has 0 aromatic heterocycles. The molecule has 0 bridgehead atoms. The lowest BCUT2D eigenvalue weighted by Crippen LogP contribution is -2.01. The molecule has 0 heterocycles. The molecule has 2 unspecified atom stereocenters. The highest BCUT2D eigenvalue weighted by Crippen LogP contribution is 2.41. The van der Waals surface area contributed by atoms with Crippen molar-refractivity contribution in [1.29, 1.82) is 0 Å². The van der Waals surface area contributed by atoms with Crippen LogP contribution in [-0.4, -0.2) is 6.04 Å². The fourth-order valence-electron chi connectivity index (χ4n) is 2.15. The molecule has 15 heavy (non-hydrogen) atoms. The molecule has 2 heteroatoms. The lowest BCUT2D eigenvalue weighted by molar-refractivity contribution is 0.998. The normalized spacial score (nSPS) is 23.5. The number of benzene rings is 2. The molecule has 1 nitrogen and oxygen atoms in total. The Balaban J connectivity index is 0.000000853. The van der Waals surface area contributed by atoms with Gasteiger partial charge in [0.25, 0.3) is 0 Å². The summed E-state index contributed by atoms with van der Waals surface area (Å²) in [5.74, 6) is 0.598. The summed E-state index contributed by atoms with van der Waals surface area (Å²) >= 11 is 0. The van der Waals surface area contributed by atoms with Crippen LogP contribution in [0.5, 0.6) is 0 Å². The van der Waals surface area contributed by atoms with Gasteiger partial charge in [0.15, 0.2) is 0 Å². The van der Waals surface area contributed by atoms with E-state index in [4.69, 9.17) is 5.73 Å². The van der Waals surface area contributed by atoms with Crippen molar-refractivity contribution in [3.63, 3.8) is 0 Å². The van der Waals surface area contributed by atoms with Crippen LogP contribution in [0.4, 0.5) is 0 Å². The van der Waals surface area contributed by atoms with E-state index in [0.717, 1.165) is 6.42 Å². The Morgan fingerprint density at radius 1 is 1.00 bits per heavy atom. The summed E-state index contributed by atoms with van der Waals surface area (Å²) in [7, 11) is 0. The minimum absolute atomic E-state index is 0. The molecule has 0 radical (unpaired) electrons. The van der Waals surface area contributed by atoms with Gasteiger partial charge in [-0.3, -0.25) is 0 Å². The van der Waals surface area contributed by atoms with Crippen LogP contribution in [0.2, 0.25) is 0 Å². The monoisotopic (exact) mass is 219 g/mol. The number of fused-ring (bicyclic) bond motifs is 1. The van der Waals surface area contributed by atoms with E-state index in [2.05, 4.69) is 42.5 Å². The molecule has 2 aromatic carbocycles. The molecule has 3 rings (SSSR count). The van der Waals surface area contributed by atoms with E-state index in [1.165, 1.54) is 16.3 Å². The highest BCUT2D eigenvalue weighted by atomic mass is 35.5. The zero-order chi connectivity index (χ0) is 9.54. The molecular weight excluding hydrogens is 206 g/mol. The van der Waals surface area contributed by atoms with Crippen molar-refractivity contribution in [2.75, 3.05) is 0 Å². The van der Waals surface area contributed by atoms with Crippen molar-refractivity contribution < 1.29 is 0 Å². The maximum atomic E-state index is 5.89. The third-order valence-corrected chi connectivity index (χ3v) is 3.06. The molecule has 1 saturated carbocycles. The number of rotatable bonds is 1.